The summed E-state index contributed by atoms with van der Waals surface area (Å²) in [7, 11) is 0. The van der Waals surface area contributed by atoms with Gasteiger partial charge in [0.25, 0.3) is 5.91 Å². The van der Waals surface area contributed by atoms with Crippen LogP contribution in [-0.2, 0) is 0 Å². The van der Waals surface area contributed by atoms with Crippen LogP contribution in [0.1, 0.15) is 27.7 Å². The summed E-state index contributed by atoms with van der Waals surface area (Å²) in [5, 5.41) is 9.88. The Bertz CT molecular complexity index is 1040. The van der Waals surface area contributed by atoms with Gasteiger partial charge in [0.15, 0.2) is 5.43 Å². The third-order valence-corrected chi connectivity index (χ3v) is 5.39. The summed E-state index contributed by atoms with van der Waals surface area (Å²) in [5.74, 6) is -0.295. The minimum atomic E-state index is -0.554. The lowest BCUT2D eigenvalue weighted by Gasteiger charge is -2.24. The van der Waals surface area contributed by atoms with Crippen LogP contribution in [0.15, 0.2) is 62.6 Å². The molecule has 6 heteroatoms. The van der Waals surface area contributed by atoms with Gasteiger partial charge in [0.1, 0.15) is 5.58 Å². The maximum Gasteiger partial charge on any atom is 0.290 e. The second-order valence-corrected chi connectivity index (χ2v) is 6.95. The van der Waals surface area contributed by atoms with Gasteiger partial charge >= 0.3 is 0 Å². The molecule has 1 aromatic heterocycles. The molecule has 1 aliphatic rings. The van der Waals surface area contributed by atoms with Crippen LogP contribution in [0.2, 0.25) is 0 Å². The predicted octanol–water partition coefficient (Wildman–Crippen LogP) is 3.05. The second kappa shape index (κ2) is 6.63. The molecule has 1 atom stereocenters. The molecule has 1 N–H and O–H groups in total. The van der Waals surface area contributed by atoms with Gasteiger partial charge in [0.2, 0.25) is 5.76 Å². The fourth-order valence-electron chi connectivity index (χ4n) is 3.44. The van der Waals surface area contributed by atoms with E-state index in [2.05, 4.69) is 0 Å². The van der Waals surface area contributed by atoms with Crippen LogP contribution in [0.3, 0.4) is 0 Å². The maximum absolute atomic E-state index is 13.1. The first kappa shape index (κ1) is 16.9. The normalized spacial score (nSPS) is 16.3. The van der Waals surface area contributed by atoms with Crippen molar-refractivity contribution in [3.63, 3.8) is 0 Å². The number of hydrogen-bond acceptors (Lipinski definition) is 5. The van der Waals surface area contributed by atoms with Gasteiger partial charge in [-0.1, -0.05) is 24.3 Å². The van der Waals surface area contributed by atoms with Gasteiger partial charge < -0.3 is 14.4 Å². The molecule has 0 radical (unpaired) electrons. The molecule has 5 nitrogen and oxygen atoms in total. The summed E-state index contributed by atoms with van der Waals surface area (Å²) in [6.45, 7) is -0.0550. The Labute approximate surface area is 154 Å². The summed E-state index contributed by atoms with van der Waals surface area (Å²) in [5.41, 5.74) is 1.37. The van der Waals surface area contributed by atoms with Crippen molar-refractivity contribution in [3.8, 4) is 0 Å². The number of nitrogens with zero attached hydrogens (tertiary/aromatic N) is 1. The van der Waals surface area contributed by atoms with Crippen LogP contribution in [0.5, 0.6) is 0 Å². The van der Waals surface area contributed by atoms with E-state index in [0.29, 0.717) is 16.5 Å². The van der Waals surface area contributed by atoms with Crippen molar-refractivity contribution in [1.29, 1.82) is 0 Å². The predicted molar refractivity (Wildman–Crippen MR) is 101 cm³/mol. The fraction of sp³-hybridized carbons (Fsp3) is 0.200. The SMILES string of the molecule is CSc1ccc([C@H]2c3c(oc4ccccc4c3=O)C(=O)N2CCO)cc1. The number of β-amino-alcohol motifs (C(OH)–C–C–N with tert-alkyl or cyclic N) is 1. The largest absolute Gasteiger partial charge is 0.450 e. The van der Waals surface area contributed by atoms with E-state index >= 15 is 0 Å². The van der Waals surface area contributed by atoms with Crippen LogP contribution in [0, 0.1) is 0 Å². The Morgan fingerprint density at radius 3 is 2.54 bits per heavy atom. The van der Waals surface area contributed by atoms with E-state index < -0.39 is 6.04 Å². The molecule has 0 aliphatic carbocycles. The van der Waals surface area contributed by atoms with Gasteiger partial charge in [-0.15, -0.1) is 11.8 Å². The summed E-state index contributed by atoms with van der Waals surface area (Å²) < 4.78 is 5.79. The quantitative estimate of drug-likeness (QED) is 0.718. The summed E-state index contributed by atoms with van der Waals surface area (Å²) in [6.07, 6.45) is 1.99. The molecule has 0 fully saturated rings. The average molecular weight is 367 g/mol. The molecule has 4 rings (SSSR count). The van der Waals surface area contributed by atoms with Crippen molar-refractivity contribution < 1.29 is 14.3 Å². The molecule has 0 spiro atoms. The lowest BCUT2D eigenvalue weighted by Crippen LogP contribution is -2.32. The minimum Gasteiger partial charge on any atom is -0.450 e. The molecule has 26 heavy (non-hydrogen) atoms. The lowest BCUT2D eigenvalue weighted by molar-refractivity contribution is 0.0691. The third-order valence-electron chi connectivity index (χ3n) is 4.65. The number of aliphatic hydroxyl groups excluding tert-OH is 1. The number of aliphatic hydroxyl groups is 1. The highest BCUT2D eigenvalue weighted by atomic mass is 32.2. The highest BCUT2D eigenvalue weighted by Crippen LogP contribution is 2.38. The molecule has 3 aromatic rings. The van der Waals surface area contributed by atoms with Crippen molar-refractivity contribution in [3.05, 3.63) is 75.6 Å². The van der Waals surface area contributed by atoms with Crippen molar-refractivity contribution in [2.75, 3.05) is 19.4 Å². The average Bonchev–Trinajstić information content (AvgIpc) is 2.95. The number of para-hydroxylation sites is 1. The molecular formula is C20H17NO4S. The molecule has 1 aliphatic heterocycles. The number of benzene rings is 2. The molecule has 0 unspecified atom stereocenters. The molecule has 0 saturated carbocycles. The first-order valence-electron chi connectivity index (χ1n) is 8.27. The lowest BCUT2D eigenvalue weighted by atomic mass is 9.98. The molecule has 2 heterocycles. The number of carbonyl (C=O) groups excluding carboxylic acids is 1. The van der Waals surface area contributed by atoms with E-state index in [1.54, 1.807) is 36.0 Å². The van der Waals surface area contributed by atoms with Crippen LogP contribution >= 0.6 is 11.8 Å². The van der Waals surface area contributed by atoms with E-state index in [4.69, 9.17) is 4.42 Å². The number of rotatable bonds is 4. The van der Waals surface area contributed by atoms with Crippen molar-refractivity contribution in [1.82, 2.24) is 4.90 Å². The monoisotopic (exact) mass is 367 g/mol. The number of hydrogen-bond donors (Lipinski definition) is 1. The van der Waals surface area contributed by atoms with Crippen LogP contribution < -0.4 is 5.43 Å². The summed E-state index contributed by atoms with van der Waals surface area (Å²) in [6, 6.07) is 14.1. The van der Waals surface area contributed by atoms with E-state index in [0.717, 1.165) is 10.5 Å². The summed E-state index contributed by atoms with van der Waals surface area (Å²) >= 11 is 1.62. The van der Waals surface area contributed by atoms with Crippen molar-refractivity contribution in [2.24, 2.45) is 0 Å². The Morgan fingerprint density at radius 1 is 1.12 bits per heavy atom. The van der Waals surface area contributed by atoms with E-state index in [9.17, 15) is 14.7 Å². The van der Waals surface area contributed by atoms with E-state index in [1.807, 2.05) is 30.5 Å². The van der Waals surface area contributed by atoms with E-state index in [-0.39, 0.29) is 30.2 Å². The van der Waals surface area contributed by atoms with Gasteiger partial charge in [-0.05, 0) is 36.1 Å². The van der Waals surface area contributed by atoms with Gasteiger partial charge in [0.05, 0.1) is 23.6 Å². The second-order valence-electron chi connectivity index (χ2n) is 6.07. The zero-order chi connectivity index (χ0) is 18.3. The first-order valence-corrected chi connectivity index (χ1v) is 9.49. The number of carbonyl (C=O) groups is 1. The minimum absolute atomic E-state index is 0.0705. The zero-order valence-electron chi connectivity index (χ0n) is 14.1. The van der Waals surface area contributed by atoms with Gasteiger partial charge in [-0.3, -0.25) is 9.59 Å². The molecule has 0 saturated heterocycles. The Morgan fingerprint density at radius 2 is 1.85 bits per heavy atom. The third kappa shape index (κ3) is 2.53. The zero-order valence-corrected chi connectivity index (χ0v) is 15.0. The maximum atomic E-state index is 13.1. The summed E-state index contributed by atoms with van der Waals surface area (Å²) in [4.78, 5) is 28.6. The Balaban J connectivity index is 1.96. The number of amides is 1. The topological polar surface area (TPSA) is 70.8 Å². The fourth-order valence-corrected chi connectivity index (χ4v) is 3.85. The van der Waals surface area contributed by atoms with Crippen molar-refractivity contribution >= 4 is 28.6 Å². The smallest absolute Gasteiger partial charge is 0.290 e. The number of fused-ring (bicyclic) bond motifs is 2. The molecule has 2 aromatic carbocycles. The molecule has 0 bridgehead atoms. The highest BCUT2D eigenvalue weighted by molar-refractivity contribution is 7.98. The van der Waals surface area contributed by atoms with Crippen LogP contribution in [-0.4, -0.2) is 35.3 Å². The van der Waals surface area contributed by atoms with Gasteiger partial charge in [0, 0.05) is 11.4 Å². The Kier molecular flexibility index (Phi) is 4.30. The van der Waals surface area contributed by atoms with Gasteiger partial charge in [-0.2, -0.15) is 0 Å². The highest BCUT2D eigenvalue weighted by Gasteiger charge is 2.42. The van der Waals surface area contributed by atoms with Crippen LogP contribution in [0.25, 0.3) is 11.0 Å². The molecule has 132 valence electrons. The van der Waals surface area contributed by atoms with Crippen molar-refractivity contribution in [2.45, 2.75) is 10.9 Å². The molecule has 1 amide bonds. The Hall–Kier alpha value is -2.57. The van der Waals surface area contributed by atoms with Crippen LogP contribution in [0.4, 0.5) is 0 Å². The molecular weight excluding hydrogens is 350 g/mol. The standard InChI is InChI=1S/C20H17NO4S/c1-26-13-8-6-12(7-9-13)17-16-18(23)14-4-2-3-5-15(14)25-19(16)20(24)21(17)10-11-22/h2-9,17,22H,10-11H2,1H3/t17-/m0/s1. The number of thioether (sulfide) groups is 1. The van der Waals surface area contributed by atoms with Gasteiger partial charge in [-0.25, -0.2) is 0 Å². The first-order chi connectivity index (χ1) is 12.7. The van der Waals surface area contributed by atoms with E-state index in [1.165, 1.54) is 4.90 Å².